The van der Waals surface area contributed by atoms with Crippen LogP contribution in [0.1, 0.15) is 27.2 Å². The first-order valence-corrected chi connectivity index (χ1v) is 8.48. The van der Waals surface area contributed by atoms with Gasteiger partial charge in [-0.15, -0.1) is 13.2 Å². The van der Waals surface area contributed by atoms with E-state index in [4.69, 9.17) is 5.11 Å². The zero-order chi connectivity index (χ0) is 21.2. The van der Waals surface area contributed by atoms with Gasteiger partial charge in [0.1, 0.15) is 5.69 Å². The number of hydrogen-bond donors (Lipinski definition) is 4. The minimum Gasteiger partial charge on any atom is -0.502 e. The van der Waals surface area contributed by atoms with Crippen molar-refractivity contribution in [1.82, 2.24) is 9.97 Å². The monoisotopic (exact) mass is 389 g/mol. The number of aromatic nitrogens is 2. The van der Waals surface area contributed by atoms with Crippen molar-refractivity contribution in [3.63, 3.8) is 0 Å². The van der Waals surface area contributed by atoms with Crippen molar-refractivity contribution in [2.75, 3.05) is 5.32 Å². The van der Waals surface area contributed by atoms with Gasteiger partial charge >= 0.3 is 5.97 Å². The minimum atomic E-state index is -0.971. The molecule has 1 heterocycles. The van der Waals surface area contributed by atoms with Gasteiger partial charge in [0.15, 0.2) is 0 Å². The van der Waals surface area contributed by atoms with E-state index in [2.05, 4.69) is 40.3 Å². The number of anilines is 1. The third kappa shape index (κ3) is 5.84. The molecule has 0 unspecified atom stereocenters. The molecule has 0 aliphatic rings. The first-order chi connectivity index (χ1) is 14.0. The van der Waals surface area contributed by atoms with Gasteiger partial charge in [-0.3, -0.25) is 4.79 Å². The summed E-state index contributed by atoms with van der Waals surface area (Å²) >= 11 is 0. The molecule has 0 aliphatic carbocycles. The van der Waals surface area contributed by atoms with Crippen molar-refractivity contribution in [3.8, 4) is 17.6 Å². The maximum Gasteiger partial charge on any atom is 0.335 e. The molecule has 0 saturated carbocycles. The number of rotatable bonds is 4. The lowest BCUT2D eigenvalue weighted by atomic mass is 10.1. The fourth-order valence-electron chi connectivity index (χ4n) is 2.26. The molecule has 7 nitrogen and oxygen atoms in total. The number of hydrogen-bond acceptors (Lipinski definition) is 5. The zero-order valence-corrected chi connectivity index (χ0v) is 15.5. The quantitative estimate of drug-likeness (QED) is 0.403. The Morgan fingerprint density at radius 2 is 1.59 bits per heavy atom. The number of carboxylic acids is 1. The molecule has 0 atom stereocenters. The molecular formula is C22H19N3O4. The van der Waals surface area contributed by atoms with Crippen LogP contribution < -0.4 is 10.9 Å². The largest absolute Gasteiger partial charge is 0.502 e. The van der Waals surface area contributed by atoms with Crippen LogP contribution in [-0.2, 0) is 6.54 Å². The Morgan fingerprint density at radius 3 is 2.14 bits per heavy atom. The summed E-state index contributed by atoms with van der Waals surface area (Å²) in [5.41, 5.74) is 2.19. The third-order valence-electron chi connectivity index (χ3n) is 3.73. The van der Waals surface area contributed by atoms with E-state index in [1.54, 1.807) is 12.1 Å². The Bertz CT molecular complexity index is 1090. The number of aromatic carboxylic acids is 1. The standard InChI is InChI=1S/C20H15N3O4.C2H4/c24-18-17(22-12-23-19(18)25)11-21-16-9-5-14(6-10-16)2-1-13-3-7-15(8-4-13)20(26)27;1-2/h3-10,12,21,24H,11H2,(H,26,27)(H,22,23,25);1-2H2. The number of aromatic hydroxyl groups is 1. The second-order valence-electron chi connectivity index (χ2n) is 5.59. The summed E-state index contributed by atoms with van der Waals surface area (Å²) in [7, 11) is 0. The van der Waals surface area contributed by atoms with Gasteiger partial charge in [0.05, 0.1) is 18.4 Å². The van der Waals surface area contributed by atoms with Gasteiger partial charge in [-0.2, -0.15) is 0 Å². The molecule has 0 saturated heterocycles. The van der Waals surface area contributed by atoms with Crippen LogP contribution in [0.3, 0.4) is 0 Å². The van der Waals surface area contributed by atoms with Crippen LogP contribution in [0.15, 0.2) is 72.8 Å². The topological polar surface area (TPSA) is 115 Å². The Labute approximate surface area is 167 Å². The molecule has 0 amide bonds. The highest BCUT2D eigenvalue weighted by Crippen LogP contribution is 2.13. The first kappa shape index (κ1) is 21.0. The molecule has 0 fully saturated rings. The van der Waals surface area contributed by atoms with Crippen molar-refractivity contribution in [1.29, 1.82) is 0 Å². The summed E-state index contributed by atoms with van der Waals surface area (Å²) in [5, 5.41) is 21.6. The van der Waals surface area contributed by atoms with Gasteiger partial charge in [-0.1, -0.05) is 11.8 Å². The fourth-order valence-corrected chi connectivity index (χ4v) is 2.26. The second-order valence-corrected chi connectivity index (χ2v) is 5.59. The van der Waals surface area contributed by atoms with Gasteiger partial charge in [-0.05, 0) is 48.5 Å². The van der Waals surface area contributed by atoms with Crippen molar-refractivity contribution in [2.45, 2.75) is 6.54 Å². The van der Waals surface area contributed by atoms with E-state index in [-0.39, 0.29) is 17.8 Å². The third-order valence-corrected chi connectivity index (χ3v) is 3.73. The predicted molar refractivity (Wildman–Crippen MR) is 111 cm³/mol. The highest BCUT2D eigenvalue weighted by molar-refractivity contribution is 5.87. The summed E-state index contributed by atoms with van der Waals surface area (Å²) in [6.45, 7) is 6.21. The normalized spacial score (nSPS) is 9.38. The van der Waals surface area contributed by atoms with Gasteiger partial charge in [-0.25, -0.2) is 9.78 Å². The smallest absolute Gasteiger partial charge is 0.335 e. The molecule has 0 bridgehead atoms. The SMILES string of the molecule is C=C.O=C(O)c1ccc(C#Cc2ccc(NCc3nc[nH]c(=O)c3O)cc2)cc1. The van der Waals surface area contributed by atoms with E-state index < -0.39 is 17.3 Å². The Kier molecular flexibility index (Phi) is 7.34. The molecule has 146 valence electrons. The lowest BCUT2D eigenvalue weighted by Gasteiger charge is -2.06. The van der Waals surface area contributed by atoms with E-state index >= 15 is 0 Å². The van der Waals surface area contributed by atoms with E-state index in [1.165, 1.54) is 18.5 Å². The van der Waals surface area contributed by atoms with Crippen molar-refractivity contribution in [2.24, 2.45) is 0 Å². The van der Waals surface area contributed by atoms with E-state index in [0.29, 0.717) is 0 Å². The van der Waals surface area contributed by atoms with Crippen molar-refractivity contribution >= 4 is 11.7 Å². The highest BCUT2D eigenvalue weighted by atomic mass is 16.4. The maximum absolute atomic E-state index is 11.3. The summed E-state index contributed by atoms with van der Waals surface area (Å²) in [6.07, 6.45) is 1.24. The number of H-pyrrole nitrogens is 1. The molecule has 0 spiro atoms. The molecule has 0 aliphatic heterocycles. The Balaban J connectivity index is 0.00000145. The fraction of sp³-hybridized carbons (Fsp3) is 0.0455. The van der Waals surface area contributed by atoms with Crippen molar-refractivity contribution in [3.05, 3.63) is 101 Å². The first-order valence-electron chi connectivity index (χ1n) is 8.48. The molecule has 4 N–H and O–H groups in total. The van der Waals surface area contributed by atoms with E-state index in [9.17, 15) is 14.7 Å². The molecular weight excluding hydrogens is 370 g/mol. The van der Waals surface area contributed by atoms with E-state index in [1.807, 2.05) is 24.3 Å². The summed E-state index contributed by atoms with van der Waals surface area (Å²) in [5.74, 6) is 4.61. The number of carbonyl (C=O) groups is 1. The molecule has 2 aromatic carbocycles. The predicted octanol–water partition coefficient (Wildman–Crippen LogP) is 2.99. The van der Waals surface area contributed by atoms with Gasteiger partial charge in [0, 0.05) is 16.8 Å². The Morgan fingerprint density at radius 1 is 1.03 bits per heavy atom. The number of nitrogens with one attached hydrogen (secondary N) is 2. The molecule has 3 rings (SSSR count). The summed E-state index contributed by atoms with van der Waals surface area (Å²) in [6, 6.07) is 13.6. The van der Waals surface area contributed by atoms with Crippen molar-refractivity contribution < 1.29 is 15.0 Å². The summed E-state index contributed by atoms with van der Waals surface area (Å²) < 4.78 is 0. The highest BCUT2D eigenvalue weighted by Gasteiger charge is 2.06. The number of benzene rings is 2. The number of aromatic amines is 1. The molecule has 7 heteroatoms. The van der Waals surface area contributed by atoms with E-state index in [0.717, 1.165) is 16.8 Å². The Hall–Kier alpha value is -4.31. The minimum absolute atomic E-state index is 0.205. The van der Waals surface area contributed by atoms with Crippen LogP contribution >= 0.6 is 0 Å². The number of nitrogens with zero attached hydrogens (tertiary/aromatic N) is 1. The van der Waals surface area contributed by atoms with Gasteiger partial charge in [0.2, 0.25) is 5.75 Å². The van der Waals surface area contributed by atoms with Crippen LogP contribution in [0.4, 0.5) is 5.69 Å². The van der Waals surface area contributed by atoms with Crippen LogP contribution in [0.2, 0.25) is 0 Å². The lowest BCUT2D eigenvalue weighted by Crippen LogP contribution is -2.11. The summed E-state index contributed by atoms with van der Waals surface area (Å²) in [4.78, 5) is 28.4. The van der Waals surface area contributed by atoms with Crippen LogP contribution in [0, 0.1) is 11.8 Å². The van der Waals surface area contributed by atoms with Gasteiger partial charge in [0.25, 0.3) is 5.56 Å². The molecule has 0 radical (unpaired) electrons. The second kappa shape index (κ2) is 10.1. The lowest BCUT2D eigenvalue weighted by molar-refractivity contribution is 0.0697. The zero-order valence-electron chi connectivity index (χ0n) is 15.5. The average Bonchev–Trinajstić information content (AvgIpc) is 2.76. The maximum atomic E-state index is 11.3. The molecule has 29 heavy (non-hydrogen) atoms. The van der Waals surface area contributed by atoms with Crippen LogP contribution in [0.25, 0.3) is 0 Å². The average molecular weight is 389 g/mol. The van der Waals surface area contributed by atoms with Crippen LogP contribution in [0.5, 0.6) is 5.75 Å². The number of carboxylic acid groups (broad SMARTS) is 1. The van der Waals surface area contributed by atoms with Crippen LogP contribution in [-0.4, -0.2) is 26.2 Å². The molecule has 1 aromatic heterocycles. The van der Waals surface area contributed by atoms with Gasteiger partial charge < -0.3 is 20.5 Å². The molecule has 3 aromatic rings.